The van der Waals surface area contributed by atoms with E-state index in [1.54, 1.807) is 24.0 Å². The number of carbonyl (C=O) groups excluding carboxylic acids is 2. The van der Waals surface area contributed by atoms with Gasteiger partial charge in [0, 0.05) is 26.2 Å². The summed E-state index contributed by atoms with van der Waals surface area (Å²) in [7, 11) is 1.61. The van der Waals surface area contributed by atoms with E-state index in [-0.39, 0.29) is 37.0 Å². The van der Waals surface area contributed by atoms with Gasteiger partial charge in [0.25, 0.3) is 11.8 Å². The van der Waals surface area contributed by atoms with E-state index in [0.717, 1.165) is 0 Å². The molecule has 12 heteroatoms. The molecule has 0 saturated heterocycles. The van der Waals surface area contributed by atoms with Gasteiger partial charge in [-0.05, 0) is 25.2 Å². The fraction of sp³-hybridized carbons (Fsp3) is 0.588. The molecule has 9 nitrogen and oxygen atoms in total. The maximum absolute atomic E-state index is 12.6. The summed E-state index contributed by atoms with van der Waals surface area (Å²) < 4.78 is 40.8. The van der Waals surface area contributed by atoms with Crippen LogP contribution in [0.3, 0.4) is 0 Å². The summed E-state index contributed by atoms with van der Waals surface area (Å²) in [5, 5.41) is 10.8. The van der Waals surface area contributed by atoms with Gasteiger partial charge in [0.2, 0.25) is 5.82 Å². The molecule has 2 amide bonds. The number of fused-ring (bicyclic) bond motifs is 1. The Morgan fingerprint density at radius 2 is 2.10 bits per heavy atom. The molecule has 1 saturated carbocycles. The highest BCUT2D eigenvalue weighted by atomic mass is 19.4. The van der Waals surface area contributed by atoms with Crippen molar-refractivity contribution in [2.24, 2.45) is 11.8 Å². The lowest BCUT2D eigenvalue weighted by molar-refractivity contribution is -0.205. The number of aromatic nitrogens is 5. The number of halogens is 3. The highest BCUT2D eigenvalue weighted by Gasteiger charge is 2.47. The lowest BCUT2D eigenvalue weighted by atomic mass is 9.74. The van der Waals surface area contributed by atoms with Crippen molar-refractivity contribution in [2.75, 3.05) is 11.9 Å². The first kappa shape index (κ1) is 19.4. The molecular weight excluding hydrogens is 391 g/mol. The SMILES string of the molecule is CN1C(=O)[C@@H](NC(=O)c2ncn(CC3CC(C(F)(F)F)C3)n2)CCn2nccc21. The molecule has 1 N–H and O–H groups in total. The highest BCUT2D eigenvalue weighted by Crippen LogP contribution is 2.45. The number of likely N-dealkylation sites (N-methyl/N-ethyl adjacent to an activating group) is 1. The van der Waals surface area contributed by atoms with Gasteiger partial charge in [-0.1, -0.05) is 0 Å². The molecule has 0 unspecified atom stereocenters. The van der Waals surface area contributed by atoms with Crippen molar-refractivity contribution < 1.29 is 22.8 Å². The molecule has 1 aliphatic carbocycles. The van der Waals surface area contributed by atoms with Gasteiger partial charge in [-0.25, -0.2) is 9.67 Å². The molecule has 2 aromatic rings. The number of hydrogen-bond acceptors (Lipinski definition) is 5. The molecule has 0 radical (unpaired) electrons. The van der Waals surface area contributed by atoms with Crippen LogP contribution < -0.4 is 10.2 Å². The Kier molecular flexibility index (Phi) is 4.79. The third-order valence-corrected chi connectivity index (χ3v) is 5.48. The van der Waals surface area contributed by atoms with Crippen molar-refractivity contribution in [2.45, 2.75) is 44.6 Å². The average molecular weight is 411 g/mol. The number of anilines is 1. The minimum absolute atomic E-state index is 0.0582. The number of hydrogen-bond donors (Lipinski definition) is 1. The number of nitrogens with zero attached hydrogens (tertiary/aromatic N) is 6. The van der Waals surface area contributed by atoms with Crippen LogP contribution in [0.15, 0.2) is 18.6 Å². The predicted molar refractivity (Wildman–Crippen MR) is 93.8 cm³/mol. The Morgan fingerprint density at radius 3 is 2.83 bits per heavy atom. The van der Waals surface area contributed by atoms with Gasteiger partial charge in [-0.3, -0.25) is 19.2 Å². The Labute approximate surface area is 163 Å². The van der Waals surface area contributed by atoms with Crippen molar-refractivity contribution >= 4 is 17.6 Å². The predicted octanol–water partition coefficient (Wildman–Crippen LogP) is 1.23. The van der Waals surface area contributed by atoms with E-state index in [4.69, 9.17) is 0 Å². The molecule has 1 atom stereocenters. The van der Waals surface area contributed by atoms with Gasteiger partial charge in [-0.2, -0.15) is 18.3 Å². The van der Waals surface area contributed by atoms with Crippen LogP contribution in [0.4, 0.5) is 19.0 Å². The second-order valence-electron chi connectivity index (χ2n) is 7.49. The fourth-order valence-electron chi connectivity index (χ4n) is 3.76. The zero-order valence-electron chi connectivity index (χ0n) is 15.6. The van der Waals surface area contributed by atoms with Crippen molar-refractivity contribution in [1.29, 1.82) is 0 Å². The minimum Gasteiger partial charge on any atom is -0.337 e. The number of nitrogens with one attached hydrogen (secondary N) is 1. The van der Waals surface area contributed by atoms with Crippen LogP contribution in [0.2, 0.25) is 0 Å². The molecule has 2 aromatic heterocycles. The van der Waals surface area contributed by atoms with Crippen molar-refractivity contribution in [3.05, 3.63) is 24.4 Å². The molecule has 0 bridgehead atoms. The summed E-state index contributed by atoms with van der Waals surface area (Å²) >= 11 is 0. The first-order valence-corrected chi connectivity index (χ1v) is 9.29. The maximum Gasteiger partial charge on any atom is 0.391 e. The molecule has 3 heterocycles. The first-order valence-electron chi connectivity index (χ1n) is 9.29. The summed E-state index contributed by atoms with van der Waals surface area (Å²) in [6.07, 6.45) is -0.741. The molecule has 1 fully saturated rings. The summed E-state index contributed by atoms with van der Waals surface area (Å²) in [5.74, 6) is -1.74. The lowest BCUT2D eigenvalue weighted by Crippen LogP contribution is -2.47. The van der Waals surface area contributed by atoms with Crippen molar-refractivity contribution in [3.8, 4) is 0 Å². The Bertz CT molecular complexity index is 916. The molecule has 156 valence electrons. The Hall–Kier alpha value is -2.92. The number of rotatable bonds is 4. The molecule has 2 aliphatic rings. The Morgan fingerprint density at radius 1 is 1.34 bits per heavy atom. The number of carbonyl (C=O) groups is 2. The van der Waals surface area contributed by atoms with E-state index in [9.17, 15) is 22.8 Å². The van der Waals surface area contributed by atoms with Gasteiger partial charge in [-0.15, -0.1) is 5.10 Å². The number of aryl methyl sites for hydroxylation is 1. The van der Waals surface area contributed by atoms with Gasteiger partial charge in [0.15, 0.2) is 0 Å². The zero-order valence-corrected chi connectivity index (χ0v) is 15.6. The van der Waals surface area contributed by atoms with Gasteiger partial charge in [0.05, 0.1) is 12.1 Å². The van der Waals surface area contributed by atoms with E-state index in [1.165, 1.54) is 15.9 Å². The summed E-state index contributed by atoms with van der Waals surface area (Å²) in [4.78, 5) is 30.4. The van der Waals surface area contributed by atoms with Crippen LogP contribution >= 0.6 is 0 Å². The second-order valence-corrected chi connectivity index (χ2v) is 7.49. The van der Waals surface area contributed by atoms with E-state index >= 15 is 0 Å². The quantitative estimate of drug-likeness (QED) is 0.816. The molecule has 29 heavy (non-hydrogen) atoms. The van der Waals surface area contributed by atoms with Crippen LogP contribution in [0.25, 0.3) is 0 Å². The smallest absolute Gasteiger partial charge is 0.337 e. The van der Waals surface area contributed by atoms with E-state index in [0.29, 0.717) is 18.8 Å². The molecule has 0 spiro atoms. The normalized spacial score (nSPS) is 24.6. The standard InChI is InChI=1S/C17H20F3N7O2/c1-25-13-2-4-22-27(13)5-3-12(16(25)29)23-15(28)14-21-9-26(24-14)8-10-6-11(7-10)17(18,19)20/h2,4,9-12H,3,5-8H2,1H3,(H,23,28)/t10?,11?,12-/m0/s1. The van der Waals surface area contributed by atoms with Crippen LogP contribution in [-0.4, -0.2) is 55.6 Å². The summed E-state index contributed by atoms with van der Waals surface area (Å²) in [6, 6.07) is 0.968. The molecule has 4 rings (SSSR count). The maximum atomic E-state index is 12.6. The molecule has 0 aromatic carbocycles. The van der Waals surface area contributed by atoms with Crippen LogP contribution in [0, 0.1) is 11.8 Å². The third kappa shape index (κ3) is 3.83. The van der Waals surface area contributed by atoms with Crippen LogP contribution in [0.1, 0.15) is 29.9 Å². The van der Waals surface area contributed by atoms with Gasteiger partial charge >= 0.3 is 6.18 Å². The van der Waals surface area contributed by atoms with Gasteiger partial charge < -0.3 is 5.32 Å². The third-order valence-electron chi connectivity index (χ3n) is 5.48. The fourth-order valence-corrected chi connectivity index (χ4v) is 3.76. The van der Waals surface area contributed by atoms with E-state index < -0.39 is 24.0 Å². The molecular formula is C17H20F3N7O2. The van der Waals surface area contributed by atoms with E-state index in [2.05, 4.69) is 20.5 Å². The van der Waals surface area contributed by atoms with Crippen LogP contribution in [-0.2, 0) is 17.9 Å². The van der Waals surface area contributed by atoms with Gasteiger partial charge in [0.1, 0.15) is 18.2 Å². The summed E-state index contributed by atoms with van der Waals surface area (Å²) in [5.41, 5.74) is 0. The minimum atomic E-state index is -4.15. The zero-order chi connectivity index (χ0) is 20.8. The Balaban J connectivity index is 1.34. The monoisotopic (exact) mass is 411 g/mol. The van der Waals surface area contributed by atoms with Crippen LogP contribution in [0.5, 0.6) is 0 Å². The second kappa shape index (κ2) is 7.16. The largest absolute Gasteiger partial charge is 0.391 e. The summed E-state index contributed by atoms with van der Waals surface area (Å²) in [6.45, 7) is 0.742. The van der Waals surface area contributed by atoms with Crippen molar-refractivity contribution in [1.82, 2.24) is 29.9 Å². The number of alkyl halides is 3. The molecule has 1 aliphatic heterocycles. The highest BCUT2D eigenvalue weighted by molar-refractivity contribution is 6.00. The first-order chi connectivity index (χ1) is 13.7. The number of amides is 2. The van der Waals surface area contributed by atoms with Crippen molar-refractivity contribution in [3.63, 3.8) is 0 Å². The lowest BCUT2D eigenvalue weighted by Gasteiger charge is -2.36. The topological polar surface area (TPSA) is 97.9 Å². The average Bonchev–Trinajstić information content (AvgIpc) is 3.26. The van der Waals surface area contributed by atoms with E-state index in [1.807, 2.05) is 0 Å².